The highest BCUT2D eigenvalue weighted by Gasteiger charge is 2.54. The minimum atomic E-state index is -1.61. The largest absolute Gasteiger partial charge is 0.462 e. The van der Waals surface area contributed by atoms with Gasteiger partial charge in [0.25, 0.3) is 0 Å². The lowest BCUT2D eigenvalue weighted by atomic mass is 9.73. The predicted octanol–water partition coefficient (Wildman–Crippen LogP) is 7.31. The van der Waals surface area contributed by atoms with Crippen LogP contribution in [0.3, 0.4) is 0 Å². The Hall–Kier alpha value is -1.02. The van der Waals surface area contributed by atoms with Crippen molar-refractivity contribution in [1.82, 2.24) is 0 Å². The summed E-state index contributed by atoms with van der Waals surface area (Å²) < 4.78 is 6.70. The molecule has 1 heterocycles. The van der Waals surface area contributed by atoms with E-state index in [1.165, 1.54) is 30.6 Å². The molecule has 4 unspecified atom stereocenters. The minimum Gasteiger partial charge on any atom is -0.462 e. The van der Waals surface area contributed by atoms with E-state index in [1.807, 2.05) is 0 Å². The van der Waals surface area contributed by atoms with Gasteiger partial charge in [-0.25, -0.2) is 0 Å². The zero-order valence-corrected chi connectivity index (χ0v) is 18.5. The van der Waals surface area contributed by atoms with Crippen LogP contribution in [0.15, 0.2) is 35.7 Å². The van der Waals surface area contributed by atoms with Crippen molar-refractivity contribution in [2.45, 2.75) is 83.3 Å². The van der Waals surface area contributed by atoms with Gasteiger partial charge < -0.3 is 4.74 Å². The second-order valence-electron chi connectivity index (χ2n) is 10.0. The van der Waals surface area contributed by atoms with Crippen molar-refractivity contribution in [3.8, 4) is 5.75 Å². The van der Waals surface area contributed by atoms with E-state index in [-0.39, 0.29) is 0 Å². The topological polar surface area (TPSA) is 9.23 Å². The zero-order valence-electron chi connectivity index (χ0n) is 17.5. The van der Waals surface area contributed by atoms with Crippen LogP contribution in [0.4, 0.5) is 0 Å². The molecule has 0 amide bonds. The van der Waals surface area contributed by atoms with E-state index in [2.05, 4.69) is 71.5 Å². The average Bonchev–Trinajstić information content (AvgIpc) is 3.20. The van der Waals surface area contributed by atoms with Crippen molar-refractivity contribution in [2.24, 2.45) is 17.8 Å². The number of benzene rings is 1. The predicted molar refractivity (Wildman–Crippen MR) is 113 cm³/mol. The normalized spacial score (nSPS) is 31.7. The summed E-state index contributed by atoms with van der Waals surface area (Å²) in [4.78, 5) is 0. The van der Waals surface area contributed by atoms with E-state index in [1.54, 1.807) is 0 Å². The Morgan fingerprint density at radius 1 is 0.885 bits per heavy atom. The van der Waals surface area contributed by atoms with Crippen LogP contribution in [0, 0.1) is 17.8 Å². The third-order valence-electron chi connectivity index (χ3n) is 8.14. The molecule has 0 saturated heterocycles. The molecule has 4 rings (SSSR count). The Labute approximate surface area is 161 Å². The maximum atomic E-state index is 6.70. The van der Waals surface area contributed by atoms with E-state index < -0.39 is 8.07 Å². The van der Waals surface area contributed by atoms with Crippen LogP contribution in [-0.2, 0) is 0 Å². The van der Waals surface area contributed by atoms with Crippen LogP contribution < -0.4 is 4.74 Å². The Kier molecular flexibility index (Phi) is 4.62. The maximum absolute atomic E-state index is 6.70. The first-order valence-corrected chi connectivity index (χ1v) is 13.2. The fourth-order valence-corrected chi connectivity index (χ4v) is 12.8. The monoisotopic (exact) mass is 368 g/mol. The van der Waals surface area contributed by atoms with Gasteiger partial charge in [0.1, 0.15) is 11.5 Å². The molecule has 26 heavy (non-hydrogen) atoms. The molecule has 0 aromatic heterocycles. The van der Waals surface area contributed by atoms with Crippen molar-refractivity contribution in [3.63, 3.8) is 0 Å². The quantitative estimate of drug-likeness (QED) is 0.506. The molecule has 1 aliphatic heterocycles. The van der Waals surface area contributed by atoms with Crippen LogP contribution in [-0.4, -0.2) is 8.07 Å². The molecule has 2 fully saturated rings. The van der Waals surface area contributed by atoms with E-state index in [0.717, 1.165) is 34.2 Å². The van der Waals surface area contributed by atoms with Crippen LogP contribution in [0.2, 0.25) is 16.6 Å². The highest BCUT2D eigenvalue weighted by molar-refractivity contribution is 6.88. The number of hydrogen-bond acceptors (Lipinski definition) is 1. The lowest BCUT2D eigenvalue weighted by Crippen LogP contribution is -2.44. The Morgan fingerprint density at radius 2 is 1.46 bits per heavy atom. The van der Waals surface area contributed by atoms with Crippen LogP contribution in [0.1, 0.15) is 72.3 Å². The average molecular weight is 369 g/mol. The molecule has 142 valence electrons. The Bertz CT molecular complexity index is 680. The van der Waals surface area contributed by atoms with E-state index >= 15 is 0 Å². The van der Waals surface area contributed by atoms with Gasteiger partial charge in [0, 0.05) is 11.8 Å². The number of hydrogen-bond donors (Lipinski definition) is 0. The van der Waals surface area contributed by atoms with Gasteiger partial charge in [0.2, 0.25) is 0 Å². The molecule has 3 aliphatic rings. The number of para-hydroxylation sites is 1. The smallest absolute Gasteiger partial charge is 0.130 e. The summed E-state index contributed by atoms with van der Waals surface area (Å²) in [6, 6.07) is 8.88. The lowest BCUT2D eigenvalue weighted by molar-refractivity contribution is 0.216. The second-order valence-corrected chi connectivity index (χ2v) is 15.8. The van der Waals surface area contributed by atoms with Crippen LogP contribution >= 0.6 is 0 Å². The van der Waals surface area contributed by atoms with Gasteiger partial charge in [0.05, 0.1) is 8.07 Å². The van der Waals surface area contributed by atoms with Gasteiger partial charge in [-0.1, -0.05) is 65.4 Å². The molecule has 2 aliphatic carbocycles. The standard InChI is InChI=1S/C24H36OSi/c1-15(2)26(16(3)4,17(5)6)14-22-24-19-12-11-18(13-19)23(24)20-9-7-8-10-21(20)25-22/h7-10,14-19,23-24H,11-13H2,1-6H3/b22-14-. The SMILES string of the molecule is CC(C)[Si](/C=C1\Oc2ccccc2C2C3CCC(C3)C12)(C(C)C)C(C)C. The molecule has 0 N–H and O–H groups in total. The van der Waals surface area contributed by atoms with E-state index in [0.29, 0.717) is 11.8 Å². The van der Waals surface area contributed by atoms with Gasteiger partial charge >= 0.3 is 0 Å². The molecule has 2 saturated carbocycles. The molecule has 1 aromatic carbocycles. The molecule has 1 aromatic rings. The second kappa shape index (κ2) is 6.55. The highest BCUT2D eigenvalue weighted by Crippen LogP contribution is 2.63. The van der Waals surface area contributed by atoms with Crippen LogP contribution in [0.5, 0.6) is 5.75 Å². The number of allylic oxidation sites excluding steroid dienone is 1. The van der Waals surface area contributed by atoms with Crippen molar-refractivity contribution >= 4 is 8.07 Å². The highest BCUT2D eigenvalue weighted by atomic mass is 28.3. The van der Waals surface area contributed by atoms with Gasteiger partial charge in [-0.2, -0.15) is 0 Å². The van der Waals surface area contributed by atoms with Crippen molar-refractivity contribution in [1.29, 1.82) is 0 Å². The molecule has 4 atom stereocenters. The zero-order chi connectivity index (χ0) is 18.6. The van der Waals surface area contributed by atoms with Crippen molar-refractivity contribution in [3.05, 3.63) is 41.3 Å². The van der Waals surface area contributed by atoms with Gasteiger partial charge in [-0.05, 0) is 59.4 Å². The third kappa shape index (κ3) is 2.55. The summed E-state index contributed by atoms with van der Waals surface area (Å²) in [6.07, 6.45) is 4.26. The van der Waals surface area contributed by atoms with Gasteiger partial charge in [-0.15, -0.1) is 0 Å². The van der Waals surface area contributed by atoms with Gasteiger partial charge in [0.15, 0.2) is 0 Å². The molecule has 2 bridgehead atoms. The third-order valence-corrected chi connectivity index (χ3v) is 14.9. The summed E-state index contributed by atoms with van der Waals surface area (Å²) in [6.45, 7) is 14.7. The fraction of sp³-hybridized carbons (Fsp3) is 0.667. The van der Waals surface area contributed by atoms with Gasteiger partial charge in [-0.3, -0.25) is 0 Å². The van der Waals surface area contributed by atoms with Crippen molar-refractivity contribution < 1.29 is 4.74 Å². The molecular formula is C24H36OSi. The molecule has 1 nitrogen and oxygen atoms in total. The number of ether oxygens (including phenoxy) is 1. The molecule has 0 radical (unpaired) electrons. The lowest BCUT2D eigenvalue weighted by Gasteiger charge is -2.44. The minimum absolute atomic E-state index is 0.645. The Balaban J connectivity index is 1.84. The Morgan fingerprint density at radius 3 is 2.08 bits per heavy atom. The molecular weight excluding hydrogens is 332 g/mol. The van der Waals surface area contributed by atoms with E-state index in [9.17, 15) is 0 Å². The summed E-state index contributed by atoms with van der Waals surface area (Å²) >= 11 is 0. The van der Waals surface area contributed by atoms with E-state index in [4.69, 9.17) is 4.74 Å². The summed E-state index contributed by atoms with van der Waals surface area (Å²) in [5, 5.41) is 0. The van der Waals surface area contributed by atoms with Crippen LogP contribution in [0.25, 0.3) is 0 Å². The fourth-order valence-electron chi connectivity index (χ4n) is 7.06. The summed E-state index contributed by atoms with van der Waals surface area (Å²) in [5.41, 5.74) is 6.46. The summed E-state index contributed by atoms with van der Waals surface area (Å²) in [7, 11) is -1.61. The van der Waals surface area contributed by atoms with Crippen molar-refractivity contribution in [2.75, 3.05) is 0 Å². The molecule has 0 spiro atoms. The molecule has 2 heteroatoms. The first kappa shape index (κ1) is 18.3. The number of rotatable bonds is 4. The number of fused-ring (bicyclic) bond motifs is 7. The summed E-state index contributed by atoms with van der Waals surface area (Å²) in [5.74, 6) is 5.60. The maximum Gasteiger partial charge on any atom is 0.130 e. The first-order chi connectivity index (χ1) is 12.4. The first-order valence-electron chi connectivity index (χ1n) is 10.9.